The zero-order chi connectivity index (χ0) is 74.0. The van der Waals surface area contributed by atoms with E-state index < -0.39 is 0 Å². The highest BCUT2D eigenvalue weighted by Crippen LogP contribution is 2.45. The monoisotopic (exact) mass is 1470 g/mol. The van der Waals surface area contributed by atoms with E-state index in [0.717, 1.165) is 164 Å². The van der Waals surface area contributed by atoms with Crippen molar-refractivity contribution < 1.29 is 8.83 Å². The van der Waals surface area contributed by atoms with Gasteiger partial charge in [-0.15, -0.1) is 22.7 Å². The van der Waals surface area contributed by atoms with Gasteiger partial charge in [0.2, 0.25) is 0 Å². The topological polar surface area (TPSA) is 155 Å². The van der Waals surface area contributed by atoms with E-state index in [2.05, 4.69) is 188 Å². The molecule has 524 valence electrons. The van der Waals surface area contributed by atoms with Gasteiger partial charge in [-0.25, -0.2) is 49.8 Å². The van der Waals surface area contributed by atoms with Gasteiger partial charge in [-0.1, -0.05) is 315 Å². The minimum absolute atomic E-state index is 0.554. The van der Waals surface area contributed by atoms with Crippen molar-refractivity contribution in [1.29, 1.82) is 0 Å². The summed E-state index contributed by atoms with van der Waals surface area (Å²) in [4.78, 5) is 50.3. The zero-order valence-electron chi connectivity index (χ0n) is 59.6. The fourth-order valence-electron chi connectivity index (χ4n) is 14.9. The van der Waals surface area contributed by atoms with E-state index in [9.17, 15) is 0 Å². The van der Waals surface area contributed by atoms with Crippen molar-refractivity contribution in [3.05, 3.63) is 352 Å². The Morgan fingerprint density at radius 2 is 0.527 bits per heavy atom. The van der Waals surface area contributed by atoms with Gasteiger partial charge in [-0.3, -0.25) is 0 Å². The lowest BCUT2D eigenvalue weighted by Gasteiger charge is -2.09. The van der Waals surface area contributed by atoms with Crippen LogP contribution in [0.25, 0.3) is 220 Å². The van der Waals surface area contributed by atoms with E-state index in [4.69, 9.17) is 58.7 Å². The van der Waals surface area contributed by atoms with Crippen LogP contribution in [0.15, 0.2) is 361 Å². The Hall–Kier alpha value is -14.7. The summed E-state index contributed by atoms with van der Waals surface area (Å²) in [5.41, 5.74) is 20.6. The molecule has 0 aliphatic heterocycles. The van der Waals surface area contributed by atoms with Crippen LogP contribution < -0.4 is 0 Å². The molecule has 12 nitrogen and oxygen atoms in total. The van der Waals surface area contributed by atoms with Crippen LogP contribution in [0.5, 0.6) is 0 Å². The van der Waals surface area contributed by atoms with Crippen molar-refractivity contribution in [3.63, 3.8) is 0 Å². The van der Waals surface area contributed by atoms with Gasteiger partial charge in [0, 0.05) is 97.4 Å². The normalized spacial score (nSPS) is 11.6. The van der Waals surface area contributed by atoms with E-state index in [0.29, 0.717) is 46.6 Å². The second-order valence-corrected chi connectivity index (χ2v) is 29.4. The minimum atomic E-state index is 0.554. The van der Waals surface area contributed by atoms with E-state index in [1.165, 1.54) is 9.40 Å². The number of nitrogens with zero attached hydrogens (tertiary/aromatic N) is 10. The number of benzene rings is 14. The fourth-order valence-corrected chi connectivity index (χ4v) is 17.2. The first-order valence-corrected chi connectivity index (χ1v) is 38.5. The van der Waals surface area contributed by atoms with Crippen LogP contribution in [0.4, 0.5) is 0 Å². The molecule has 14 aromatic carbocycles. The highest BCUT2D eigenvalue weighted by molar-refractivity contribution is 7.26. The molecular weight excluding hydrogens is 1410 g/mol. The smallest absolute Gasteiger partial charge is 0.167 e. The molecule has 0 atom stereocenters. The molecule has 112 heavy (non-hydrogen) atoms. The second kappa shape index (κ2) is 27.8. The molecule has 0 bridgehead atoms. The number of thiophene rings is 2. The van der Waals surface area contributed by atoms with Crippen molar-refractivity contribution in [2.24, 2.45) is 0 Å². The van der Waals surface area contributed by atoms with Gasteiger partial charge in [0.25, 0.3) is 0 Å². The molecule has 22 aromatic rings. The summed E-state index contributed by atoms with van der Waals surface area (Å²) < 4.78 is 18.0. The molecule has 0 N–H and O–H groups in total. The Bertz CT molecular complexity index is 7230. The van der Waals surface area contributed by atoms with Crippen LogP contribution in [-0.2, 0) is 0 Å². The molecule has 0 amide bonds. The molecule has 0 radical (unpaired) electrons. The summed E-state index contributed by atoms with van der Waals surface area (Å²) >= 11 is 3.49. The molecule has 8 heterocycles. The highest BCUT2D eigenvalue weighted by Gasteiger charge is 2.24. The van der Waals surface area contributed by atoms with Gasteiger partial charge >= 0.3 is 0 Å². The van der Waals surface area contributed by atoms with Crippen molar-refractivity contribution in [1.82, 2.24) is 49.8 Å². The van der Waals surface area contributed by atoms with Crippen molar-refractivity contribution in [2.75, 3.05) is 0 Å². The Balaban J connectivity index is 0.000000141. The lowest BCUT2D eigenvalue weighted by atomic mass is 9.97. The quantitative estimate of drug-likeness (QED) is 0.114. The molecule has 0 fully saturated rings. The Kier molecular flexibility index (Phi) is 16.3. The number of aromatic nitrogens is 10. The van der Waals surface area contributed by atoms with Gasteiger partial charge < -0.3 is 8.83 Å². The third-order valence-electron chi connectivity index (χ3n) is 20.4. The summed E-state index contributed by atoms with van der Waals surface area (Å²) in [6.07, 6.45) is 0. The largest absolute Gasteiger partial charge is 0.455 e. The average Bonchev–Trinajstić information content (AvgIpc) is 1.55. The molecule has 0 saturated heterocycles. The number of hydrogen-bond donors (Lipinski definition) is 0. The van der Waals surface area contributed by atoms with Gasteiger partial charge in [0.05, 0.1) is 37.4 Å². The van der Waals surface area contributed by atoms with Gasteiger partial charge in [0.1, 0.15) is 22.3 Å². The first-order chi connectivity index (χ1) is 55.5. The van der Waals surface area contributed by atoms with Gasteiger partial charge in [0.15, 0.2) is 46.6 Å². The molecule has 0 aliphatic rings. The van der Waals surface area contributed by atoms with Crippen LogP contribution in [0.1, 0.15) is 0 Å². The molecule has 0 saturated carbocycles. The molecule has 0 unspecified atom stereocenters. The lowest BCUT2D eigenvalue weighted by molar-refractivity contribution is 0.669. The molecular formula is C98H58N10O2S2. The summed E-state index contributed by atoms with van der Waals surface area (Å²) in [6.45, 7) is 0. The molecule has 8 aromatic heterocycles. The maximum absolute atomic E-state index is 6.69. The number of furan rings is 2. The van der Waals surface area contributed by atoms with E-state index >= 15 is 0 Å². The number of rotatable bonds is 12. The molecule has 0 aliphatic carbocycles. The third-order valence-corrected chi connectivity index (χ3v) is 22.7. The SMILES string of the molecule is c1ccc(-c2nc(-c3ccccc3)nc(-c3ccc4c(c3)oc3c(-c5ccc(-c6nc(-c7ccccc7)c7sc8ccccc8c7n6)cc5)cccc34)n2)cc1.c1ccc(-c2nc(-c3ccccc3)nc(-c3cccc4c3oc3cccc(-c5ccc(-c6nc(-c7ccccc7)c7sc8ccccc8c7n6)cc5)c34)n2)cc1. The predicted octanol–water partition coefficient (Wildman–Crippen LogP) is 25.9. The fraction of sp³-hybridized carbons (Fsp3) is 0. The standard InChI is InChI=1S/2C49H29N5OS/c1-4-14-31(15-5-1)42-45-43(36-20-10-11-25-40(36)56-45)51-46(50-42)34-28-26-30(27-29-34)35-21-13-24-39-41(35)37-22-12-23-38(44(37)55-39)49-53-47(32-16-6-2-7-17-32)52-48(54-49)33-18-8-3-9-19-33;1-4-13-31(14-5-1)42-45-43(39-19-10-11-22-41(39)56-45)51-46(50-42)34-25-23-30(24-26-34)36-20-12-21-38-37-28-27-35(29-40(37)55-44(36)38)49-53-47(32-15-6-2-7-16-32)52-48(54-49)33-17-8-3-9-18-33/h2*1-29H. The minimum Gasteiger partial charge on any atom is -0.455 e. The molecule has 0 spiro atoms. The Morgan fingerprint density at radius 3 is 1.01 bits per heavy atom. The van der Waals surface area contributed by atoms with Gasteiger partial charge in [-0.2, -0.15) is 0 Å². The second-order valence-electron chi connectivity index (χ2n) is 27.3. The third kappa shape index (κ3) is 12.0. The van der Waals surface area contributed by atoms with Crippen LogP contribution in [0.2, 0.25) is 0 Å². The van der Waals surface area contributed by atoms with E-state index in [1.807, 2.05) is 164 Å². The lowest BCUT2D eigenvalue weighted by Crippen LogP contribution is -2.00. The van der Waals surface area contributed by atoms with Crippen molar-refractivity contribution in [2.45, 2.75) is 0 Å². The summed E-state index contributed by atoms with van der Waals surface area (Å²) in [7, 11) is 0. The number of fused-ring (bicyclic) bond motifs is 12. The van der Waals surface area contributed by atoms with Crippen LogP contribution in [-0.4, -0.2) is 49.8 Å². The first-order valence-electron chi connectivity index (χ1n) is 36.8. The van der Waals surface area contributed by atoms with Gasteiger partial charge in [-0.05, 0) is 53.1 Å². The molecule has 14 heteroatoms. The van der Waals surface area contributed by atoms with Crippen molar-refractivity contribution >= 4 is 107 Å². The summed E-state index contributed by atoms with van der Waals surface area (Å²) in [6, 6.07) is 120. The number of hydrogen-bond acceptors (Lipinski definition) is 14. The Labute approximate surface area is 649 Å². The Morgan fingerprint density at radius 1 is 0.196 bits per heavy atom. The average molecular weight is 1470 g/mol. The van der Waals surface area contributed by atoms with Crippen LogP contribution >= 0.6 is 22.7 Å². The maximum Gasteiger partial charge on any atom is 0.167 e. The van der Waals surface area contributed by atoms with Crippen molar-refractivity contribution in [3.8, 4) is 136 Å². The maximum atomic E-state index is 6.69. The molecule has 22 rings (SSSR count). The summed E-state index contributed by atoms with van der Waals surface area (Å²) in [5.74, 6) is 4.99. The van der Waals surface area contributed by atoms with E-state index in [1.54, 1.807) is 22.7 Å². The highest BCUT2D eigenvalue weighted by atomic mass is 32.1. The van der Waals surface area contributed by atoms with Crippen LogP contribution in [0.3, 0.4) is 0 Å². The first kappa shape index (κ1) is 65.6. The predicted molar refractivity (Wildman–Crippen MR) is 456 cm³/mol. The summed E-state index contributed by atoms with van der Waals surface area (Å²) in [5, 5.41) is 6.39. The van der Waals surface area contributed by atoms with Crippen LogP contribution in [0, 0.1) is 0 Å². The number of para-hydroxylation sites is 2. The zero-order valence-corrected chi connectivity index (χ0v) is 61.2. The van der Waals surface area contributed by atoms with E-state index in [-0.39, 0.29) is 0 Å².